The average Bonchev–Trinajstić information content (AvgIpc) is 2.85. The van der Waals surface area contributed by atoms with Gasteiger partial charge in [0.15, 0.2) is 0 Å². The van der Waals surface area contributed by atoms with Crippen LogP contribution in [0.2, 0.25) is 0 Å². The van der Waals surface area contributed by atoms with Crippen LogP contribution in [0.4, 0.5) is 0 Å². The third kappa shape index (κ3) is 2.77. The van der Waals surface area contributed by atoms with Crippen molar-refractivity contribution in [1.82, 2.24) is 0 Å². The third-order valence-corrected chi connectivity index (χ3v) is 5.17. The molecule has 2 aliphatic carbocycles. The molecule has 0 radical (unpaired) electrons. The Bertz CT molecular complexity index is 178. The van der Waals surface area contributed by atoms with Crippen LogP contribution in [-0.4, -0.2) is 0 Å². The van der Waals surface area contributed by atoms with Crippen molar-refractivity contribution in [3.8, 4) is 0 Å². The lowest BCUT2D eigenvalue weighted by Gasteiger charge is -2.28. The van der Waals surface area contributed by atoms with E-state index in [4.69, 9.17) is 0 Å². The second-order valence-corrected chi connectivity index (χ2v) is 6.13. The summed E-state index contributed by atoms with van der Waals surface area (Å²) in [6.45, 7) is 4.92. The van der Waals surface area contributed by atoms with Gasteiger partial charge < -0.3 is 0 Å². The van der Waals surface area contributed by atoms with E-state index >= 15 is 0 Å². The van der Waals surface area contributed by atoms with Crippen LogP contribution < -0.4 is 0 Å². The van der Waals surface area contributed by atoms with Crippen LogP contribution in [0.3, 0.4) is 0 Å². The predicted octanol–water partition coefficient (Wildman–Crippen LogP) is 5.03. The van der Waals surface area contributed by atoms with Crippen LogP contribution >= 0.6 is 0 Å². The summed E-state index contributed by atoms with van der Waals surface area (Å²) >= 11 is 0. The summed E-state index contributed by atoms with van der Waals surface area (Å²) in [5, 5.41) is 0. The van der Waals surface area contributed by atoms with Gasteiger partial charge in [0, 0.05) is 0 Å². The first kappa shape index (κ1) is 11.5. The van der Waals surface area contributed by atoms with Crippen molar-refractivity contribution in [1.29, 1.82) is 0 Å². The fourth-order valence-corrected chi connectivity index (χ4v) is 4.19. The molecule has 0 aromatic rings. The van der Waals surface area contributed by atoms with Gasteiger partial charge in [-0.25, -0.2) is 0 Å². The zero-order chi connectivity index (χ0) is 10.7. The smallest absolute Gasteiger partial charge is 0.0360 e. The number of hydrogen-bond donors (Lipinski definition) is 0. The van der Waals surface area contributed by atoms with Crippen LogP contribution in [0.15, 0.2) is 0 Å². The molecule has 0 heteroatoms. The molecule has 0 N–H and O–H groups in total. The highest BCUT2D eigenvalue weighted by Gasteiger charge is 2.31. The molecule has 0 spiro atoms. The zero-order valence-electron chi connectivity index (χ0n) is 10.7. The molecular formula is C15H28. The molecule has 0 aromatic carbocycles. The van der Waals surface area contributed by atoms with Crippen molar-refractivity contribution in [2.24, 2.45) is 23.7 Å². The van der Waals surface area contributed by atoms with Crippen LogP contribution in [-0.2, 0) is 0 Å². The quantitative estimate of drug-likeness (QED) is 0.608. The van der Waals surface area contributed by atoms with Crippen molar-refractivity contribution < 1.29 is 0 Å². The molecule has 0 nitrogen and oxygen atoms in total. The molecule has 2 saturated carbocycles. The Balaban J connectivity index is 1.85. The summed E-state index contributed by atoms with van der Waals surface area (Å²) < 4.78 is 0. The molecule has 0 bridgehead atoms. The van der Waals surface area contributed by atoms with Gasteiger partial charge in [-0.2, -0.15) is 0 Å². The van der Waals surface area contributed by atoms with E-state index in [1.165, 1.54) is 51.4 Å². The van der Waals surface area contributed by atoms with E-state index < -0.39 is 0 Å². The van der Waals surface area contributed by atoms with Gasteiger partial charge in [-0.05, 0) is 36.5 Å². The summed E-state index contributed by atoms with van der Waals surface area (Å²) in [6, 6.07) is 0. The fourth-order valence-electron chi connectivity index (χ4n) is 4.19. The Morgan fingerprint density at radius 3 is 2.27 bits per heavy atom. The molecule has 2 rings (SSSR count). The molecule has 2 aliphatic rings. The number of hydrogen-bond acceptors (Lipinski definition) is 0. The Labute approximate surface area is 95.8 Å². The van der Waals surface area contributed by atoms with Crippen molar-refractivity contribution in [3.05, 3.63) is 0 Å². The second kappa shape index (κ2) is 5.37. The minimum Gasteiger partial charge on any atom is -0.0651 e. The molecule has 2 fully saturated rings. The van der Waals surface area contributed by atoms with E-state index in [0.29, 0.717) is 0 Å². The van der Waals surface area contributed by atoms with E-state index in [9.17, 15) is 0 Å². The molecule has 3 atom stereocenters. The first-order chi connectivity index (χ1) is 7.31. The predicted molar refractivity (Wildman–Crippen MR) is 66.9 cm³/mol. The molecule has 3 unspecified atom stereocenters. The lowest BCUT2D eigenvalue weighted by Crippen LogP contribution is -2.19. The van der Waals surface area contributed by atoms with Gasteiger partial charge >= 0.3 is 0 Å². The van der Waals surface area contributed by atoms with Crippen molar-refractivity contribution in [3.63, 3.8) is 0 Å². The molecule has 88 valence electrons. The largest absolute Gasteiger partial charge is 0.0651 e. The lowest BCUT2D eigenvalue weighted by atomic mass is 9.78. The maximum absolute atomic E-state index is 2.50. The first-order valence-corrected chi connectivity index (χ1v) is 7.31. The Kier molecular flexibility index (Phi) is 4.11. The van der Waals surface area contributed by atoms with E-state index in [-0.39, 0.29) is 0 Å². The fraction of sp³-hybridized carbons (Fsp3) is 1.00. The van der Waals surface area contributed by atoms with Gasteiger partial charge in [0.25, 0.3) is 0 Å². The summed E-state index contributed by atoms with van der Waals surface area (Å²) in [5.41, 5.74) is 0. The molecule has 0 aliphatic heterocycles. The Hall–Kier alpha value is 0. The standard InChI is InChI=1S/C15H28/c1-3-14(11-13-8-4-5-9-13)15-10-6-7-12(15)2/h12-15H,3-11H2,1-2H3. The highest BCUT2D eigenvalue weighted by atomic mass is 14.4. The average molecular weight is 208 g/mol. The van der Waals surface area contributed by atoms with E-state index in [1.807, 2.05) is 0 Å². The van der Waals surface area contributed by atoms with Gasteiger partial charge in [-0.3, -0.25) is 0 Å². The zero-order valence-corrected chi connectivity index (χ0v) is 10.7. The van der Waals surface area contributed by atoms with E-state index in [0.717, 1.165) is 23.7 Å². The Morgan fingerprint density at radius 1 is 1.00 bits per heavy atom. The topological polar surface area (TPSA) is 0 Å². The summed E-state index contributed by atoms with van der Waals surface area (Å²) in [4.78, 5) is 0. The van der Waals surface area contributed by atoms with Crippen molar-refractivity contribution in [2.45, 2.75) is 71.6 Å². The monoisotopic (exact) mass is 208 g/mol. The maximum Gasteiger partial charge on any atom is -0.0360 e. The van der Waals surface area contributed by atoms with Crippen LogP contribution in [0.5, 0.6) is 0 Å². The molecule has 0 aromatic heterocycles. The first-order valence-electron chi connectivity index (χ1n) is 7.31. The molecule has 0 amide bonds. The van der Waals surface area contributed by atoms with Gasteiger partial charge in [0.05, 0.1) is 0 Å². The minimum absolute atomic E-state index is 1.02. The summed E-state index contributed by atoms with van der Waals surface area (Å²) in [7, 11) is 0. The van der Waals surface area contributed by atoms with E-state index in [2.05, 4.69) is 13.8 Å². The Morgan fingerprint density at radius 2 is 1.73 bits per heavy atom. The van der Waals surface area contributed by atoms with Gasteiger partial charge in [-0.1, -0.05) is 58.8 Å². The molecule has 0 saturated heterocycles. The van der Waals surface area contributed by atoms with Crippen LogP contribution in [0, 0.1) is 23.7 Å². The van der Waals surface area contributed by atoms with Crippen LogP contribution in [0.1, 0.15) is 71.6 Å². The highest BCUT2D eigenvalue weighted by Crippen LogP contribution is 2.42. The maximum atomic E-state index is 2.50. The van der Waals surface area contributed by atoms with Gasteiger partial charge in [-0.15, -0.1) is 0 Å². The van der Waals surface area contributed by atoms with Gasteiger partial charge in [0.1, 0.15) is 0 Å². The third-order valence-electron chi connectivity index (χ3n) is 5.17. The molecule has 15 heavy (non-hydrogen) atoms. The highest BCUT2D eigenvalue weighted by molar-refractivity contribution is 4.82. The summed E-state index contributed by atoms with van der Waals surface area (Å²) in [6.07, 6.45) is 13.7. The van der Waals surface area contributed by atoms with E-state index in [1.54, 1.807) is 6.42 Å². The van der Waals surface area contributed by atoms with Gasteiger partial charge in [0.2, 0.25) is 0 Å². The summed E-state index contributed by atoms with van der Waals surface area (Å²) in [5.74, 6) is 4.26. The molecule has 0 heterocycles. The molecular weight excluding hydrogens is 180 g/mol. The SMILES string of the molecule is CCC(CC1CCCC1)C1CCCC1C. The van der Waals surface area contributed by atoms with Crippen molar-refractivity contribution >= 4 is 0 Å². The lowest BCUT2D eigenvalue weighted by molar-refractivity contribution is 0.221. The minimum atomic E-state index is 1.02. The second-order valence-electron chi connectivity index (χ2n) is 6.13. The van der Waals surface area contributed by atoms with Crippen molar-refractivity contribution in [2.75, 3.05) is 0 Å². The van der Waals surface area contributed by atoms with Crippen LogP contribution in [0.25, 0.3) is 0 Å². The normalized spacial score (nSPS) is 34.8. The number of rotatable bonds is 4.